The van der Waals surface area contributed by atoms with Gasteiger partial charge in [-0.3, -0.25) is 9.80 Å². The fraction of sp³-hybridized carbons (Fsp3) is 0.739. The minimum Gasteiger partial charge on any atom is -0.507 e. The average Bonchev–Trinajstić information content (AvgIpc) is 2.95. The molecule has 0 spiro atoms. The van der Waals surface area contributed by atoms with Gasteiger partial charge in [0, 0.05) is 44.3 Å². The highest BCUT2D eigenvalue weighted by Crippen LogP contribution is 2.38. The minimum atomic E-state index is -2.84. The molecule has 29 heavy (non-hydrogen) atoms. The van der Waals surface area contributed by atoms with Gasteiger partial charge in [0.2, 0.25) is 0 Å². The zero-order valence-corrected chi connectivity index (χ0v) is 19.8. The van der Waals surface area contributed by atoms with Crippen LogP contribution in [-0.2, 0) is 27.2 Å². The van der Waals surface area contributed by atoms with Gasteiger partial charge in [0.1, 0.15) is 5.75 Å². The molecule has 0 radical (unpaired) electrons. The van der Waals surface area contributed by atoms with E-state index in [1.165, 1.54) is 5.56 Å². The second-order valence-electron chi connectivity index (χ2n) is 10.9. The van der Waals surface area contributed by atoms with Crippen LogP contribution in [0.4, 0.5) is 0 Å². The van der Waals surface area contributed by atoms with Crippen LogP contribution in [0.2, 0.25) is 0 Å². The Hall–Kier alpha value is -1.11. The Morgan fingerprint density at radius 1 is 1.00 bits per heavy atom. The Morgan fingerprint density at radius 2 is 1.62 bits per heavy atom. The first kappa shape index (κ1) is 22.6. The topological polar surface area (TPSA) is 60.9 Å². The third-order valence-corrected chi connectivity index (χ3v) is 8.14. The zero-order chi connectivity index (χ0) is 21.6. The largest absolute Gasteiger partial charge is 0.507 e. The number of hydrogen-bond acceptors (Lipinski definition) is 5. The van der Waals surface area contributed by atoms with E-state index in [1.54, 1.807) is 0 Å². The lowest BCUT2D eigenvalue weighted by molar-refractivity contribution is 0.0994. The lowest BCUT2D eigenvalue weighted by atomic mass is 9.79. The summed E-state index contributed by atoms with van der Waals surface area (Å²) in [6.45, 7) is 17.4. The zero-order valence-electron chi connectivity index (χ0n) is 19.0. The SMILES string of the molecule is CC(C)(C)c1cc(CN2CCN(C3CCS(=O)(=O)C3)CC2)c(O)c(C(C)(C)C)c1. The molecule has 2 fully saturated rings. The molecule has 2 heterocycles. The molecule has 3 rings (SSSR count). The van der Waals surface area contributed by atoms with E-state index in [0.29, 0.717) is 17.3 Å². The van der Waals surface area contributed by atoms with Crippen molar-refractivity contribution in [3.05, 3.63) is 28.8 Å². The van der Waals surface area contributed by atoms with Crippen molar-refractivity contribution in [2.24, 2.45) is 0 Å². The second-order valence-corrected chi connectivity index (χ2v) is 13.1. The highest BCUT2D eigenvalue weighted by molar-refractivity contribution is 7.91. The highest BCUT2D eigenvalue weighted by atomic mass is 32.2. The maximum atomic E-state index is 11.8. The molecule has 5 nitrogen and oxygen atoms in total. The molecule has 0 aromatic heterocycles. The number of rotatable bonds is 3. The van der Waals surface area contributed by atoms with E-state index >= 15 is 0 Å². The number of sulfone groups is 1. The van der Waals surface area contributed by atoms with Crippen molar-refractivity contribution in [3.8, 4) is 5.75 Å². The van der Waals surface area contributed by atoms with Crippen LogP contribution in [-0.4, -0.2) is 67.1 Å². The summed E-state index contributed by atoms with van der Waals surface area (Å²) >= 11 is 0. The Labute approximate surface area is 177 Å². The quantitative estimate of drug-likeness (QED) is 0.810. The molecule has 0 amide bonds. The molecule has 1 N–H and O–H groups in total. The van der Waals surface area contributed by atoms with E-state index in [0.717, 1.165) is 50.3 Å². The third-order valence-electron chi connectivity index (χ3n) is 6.39. The molecule has 164 valence electrons. The molecule has 2 saturated heterocycles. The molecule has 1 unspecified atom stereocenters. The van der Waals surface area contributed by atoms with Crippen LogP contribution >= 0.6 is 0 Å². The van der Waals surface area contributed by atoms with Gasteiger partial charge in [-0.05, 0) is 28.4 Å². The molecule has 0 bridgehead atoms. The normalized spacial score (nSPS) is 24.1. The Morgan fingerprint density at radius 3 is 2.10 bits per heavy atom. The fourth-order valence-corrected chi connectivity index (χ4v) is 6.17. The van der Waals surface area contributed by atoms with E-state index < -0.39 is 9.84 Å². The maximum Gasteiger partial charge on any atom is 0.151 e. The summed E-state index contributed by atoms with van der Waals surface area (Å²) in [4.78, 5) is 4.72. The van der Waals surface area contributed by atoms with E-state index in [4.69, 9.17) is 0 Å². The van der Waals surface area contributed by atoms with Crippen molar-refractivity contribution in [2.75, 3.05) is 37.7 Å². The number of piperazine rings is 1. The van der Waals surface area contributed by atoms with Gasteiger partial charge in [-0.1, -0.05) is 53.7 Å². The van der Waals surface area contributed by atoms with Crippen molar-refractivity contribution in [1.29, 1.82) is 0 Å². The van der Waals surface area contributed by atoms with Crippen LogP contribution < -0.4 is 0 Å². The number of phenolic OH excluding ortho intramolecular Hbond substituents is 1. The van der Waals surface area contributed by atoms with Gasteiger partial charge < -0.3 is 5.11 Å². The summed E-state index contributed by atoms with van der Waals surface area (Å²) in [6.07, 6.45) is 0.770. The molecule has 1 atom stereocenters. The number of aromatic hydroxyl groups is 1. The van der Waals surface area contributed by atoms with Gasteiger partial charge in [0.25, 0.3) is 0 Å². The number of hydrogen-bond donors (Lipinski definition) is 1. The van der Waals surface area contributed by atoms with Crippen LogP contribution in [0.1, 0.15) is 64.7 Å². The van der Waals surface area contributed by atoms with Gasteiger partial charge >= 0.3 is 0 Å². The van der Waals surface area contributed by atoms with Crippen LogP contribution in [0.25, 0.3) is 0 Å². The summed E-state index contributed by atoms with van der Waals surface area (Å²) in [6, 6.07) is 4.52. The first-order chi connectivity index (χ1) is 13.3. The first-order valence-electron chi connectivity index (χ1n) is 10.8. The molecule has 6 heteroatoms. The second kappa shape index (κ2) is 7.86. The van der Waals surface area contributed by atoms with Gasteiger partial charge in [-0.2, -0.15) is 0 Å². The first-order valence-corrected chi connectivity index (χ1v) is 12.6. The van der Waals surface area contributed by atoms with Gasteiger partial charge in [0.05, 0.1) is 11.5 Å². The lowest BCUT2D eigenvalue weighted by Crippen LogP contribution is -2.50. The van der Waals surface area contributed by atoms with E-state index in [9.17, 15) is 13.5 Å². The average molecular weight is 423 g/mol. The summed E-state index contributed by atoms with van der Waals surface area (Å²) in [5.74, 6) is 1.08. The van der Waals surface area contributed by atoms with Crippen LogP contribution in [0.15, 0.2) is 12.1 Å². The Kier molecular flexibility index (Phi) is 6.12. The molecule has 2 aliphatic rings. The monoisotopic (exact) mass is 422 g/mol. The molecule has 0 saturated carbocycles. The van der Waals surface area contributed by atoms with Gasteiger partial charge in [-0.25, -0.2) is 8.42 Å². The third kappa shape index (κ3) is 5.33. The van der Waals surface area contributed by atoms with Crippen molar-refractivity contribution in [1.82, 2.24) is 9.80 Å². The van der Waals surface area contributed by atoms with E-state index in [-0.39, 0.29) is 16.9 Å². The van der Waals surface area contributed by atoms with E-state index in [2.05, 4.69) is 63.5 Å². The number of benzene rings is 1. The summed E-state index contributed by atoms with van der Waals surface area (Å²) in [7, 11) is -2.84. The van der Waals surface area contributed by atoms with Crippen molar-refractivity contribution < 1.29 is 13.5 Å². The Bertz CT molecular complexity index is 842. The Balaban J connectivity index is 1.74. The van der Waals surface area contributed by atoms with Crippen molar-refractivity contribution in [2.45, 2.75) is 71.4 Å². The predicted octanol–water partition coefficient (Wildman–Crippen LogP) is 3.29. The number of nitrogens with zero attached hydrogens (tertiary/aromatic N) is 2. The molecule has 0 aliphatic carbocycles. The fourth-order valence-electron chi connectivity index (χ4n) is 4.41. The standard InChI is InChI=1S/C23H38N2O3S/c1-22(2,3)18-13-17(21(26)20(14-18)23(4,5)6)15-24-8-10-25(11-9-24)19-7-12-29(27,28)16-19/h13-14,19,26H,7-12,15-16H2,1-6H3. The van der Waals surface area contributed by atoms with Gasteiger partial charge in [0.15, 0.2) is 9.84 Å². The minimum absolute atomic E-state index is 0.0229. The highest BCUT2D eigenvalue weighted by Gasteiger charge is 2.34. The molecular weight excluding hydrogens is 384 g/mol. The number of phenols is 1. The van der Waals surface area contributed by atoms with E-state index in [1.807, 2.05) is 0 Å². The molecule has 2 aliphatic heterocycles. The van der Waals surface area contributed by atoms with Gasteiger partial charge in [-0.15, -0.1) is 0 Å². The van der Waals surface area contributed by atoms with Crippen LogP contribution in [0, 0.1) is 0 Å². The predicted molar refractivity (Wildman–Crippen MR) is 119 cm³/mol. The molecule has 1 aromatic rings. The van der Waals surface area contributed by atoms with Crippen LogP contribution in [0.5, 0.6) is 5.75 Å². The lowest BCUT2D eigenvalue weighted by Gasteiger charge is -2.38. The molecule has 1 aromatic carbocycles. The summed E-state index contributed by atoms with van der Waals surface area (Å²) < 4.78 is 23.6. The maximum absolute atomic E-state index is 11.8. The van der Waals surface area contributed by atoms with Crippen molar-refractivity contribution in [3.63, 3.8) is 0 Å². The molecular formula is C23H38N2O3S. The summed E-state index contributed by atoms with van der Waals surface area (Å²) in [5.41, 5.74) is 3.17. The summed E-state index contributed by atoms with van der Waals surface area (Å²) in [5, 5.41) is 11.0. The smallest absolute Gasteiger partial charge is 0.151 e. The van der Waals surface area contributed by atoms with Crippen molar-refractivity contribution >= 4 is 9.84 Å². The van der Waals surface area contributed by atoms with Crippen LogP contribution in [0.3, 0.4) is 0 Å².